The Hall–Kier alpha value is -1.76. The molecule has 0 aliphatic carbocycles. The van der Waals surface area contributed by atoms with Gasteiger partial charge in [0.2, 0.25) is 0 Å². The van der Waals surface area contributed by atoms with E-state index >= 15 is 0 Å². The molecule has 0 amide bonds. The van der Waals surface area contributed by atoms with Crippen LogP contribution in [-0.4, -0.2) is 10.1 Å². The van der Waals surface area contributed by atoms with Crippen molar-refractivity contribution in [2.45, 2.75) is 0 Å². The van der Waals surface area contributed by atoms with E-state index in [4.69, 9.17) is 28.5 Å². The molecule has 17 heavy (non-hydrogen) atoms. The van der Waals surface area contributed by atoms with Crippen LogP contribution in [0.15, 0.2) is 30.5 Å². The van der Waals surface area contributed by atoms with Crippen LogP contribution in [0.1, 0.15) is 5.56 Å². The van der Waals surface area contributed by atoms with E-state index in [0.29, 0.717) is 15.7 Å². The van der Waals surface area contributed by atoms with Gasteiger partial charge in [-0.15, -0.1) is 0 Å². The summed E-state index contributed by atoms with van der Waals surface area (Å²) in [6.07, 6.45) is 1.23. The molecule has 0 fully saturated rings. The van der Waals surface area contributed by atoms with E-state index in [-0.39, 0.29) is 11.3 Å². The fourth-order valence-corrected chi connectivity index (χ4v) is 1.65. The Balaban J connectivity index is 2.54. The summed E-state index contributed by atoms with van der Waals surface area (Å²) < 4.78 is 0. The molecule has 0 aliphatic rings. The van der Waals surface area contributed by atoms with Crippen molar-refractivity contribution >= 4 is 23.2 Å². The predicted octanol–water partition coefficient (Wildman–Crippen LogP) is 3.63. The summed E-state index contributed by atoms with van der Waals surface area (Å²) in [4.78, 5) is 4.03. The van der Waals surface area contributed by atoms with Gasteiger partial charge in [-0.25, -0.2) is 0 Å². The molecule has 1 N–H and O–H groups in total. The lowest BCUT2D eigenvalue weighted by molar-refractivity contribution is 0.471. The number of nitriles is 1. The smallest absolute Gasteiger partial charge is 0.151 e. The molecule has 0 aliphatic heterocycles. The number of aromatic nitrogens is 1. The van der Waals surface area contributed by atoms with E-state index in [0.717, 1.165) is 5.56 Å². The highest BCUT2D eigenvalue weighted by Crippen LogP contribution is 2.29. The standard InChI is InChI=1S/C12H6Cl2N2O/c13-9-2-1-7(3-10(9)14)11-4-8(5-15)12(17)6-16-11/h1-4,6,17H. The Morgan fingerprint density at radius 2 is 1.94 bits per heavy atom. The number of pyridine rings is 1. The monoisotopic (exact) mass is 264 g/mol. The first-order valence-corrected chi connectivity index (χ1v) is 5.42. The lowest BCUT2D eigenvalue weighted by Crippen LogP contribution is -1.86. The summed E-state index contributed by atoms with van der Waals surface area (Å²) in [5.41, 5.74) is 1.45. The van der Waals surface area contributed by atoms with Gasteiger partial charge in [-0.05, 0) is 18.2 Å². The number of aromatic hydroxyl groups is 1. The van der Waals surface area contributed by atoms with Crippen LogP contribution in [0, 0.1) is 11.3 Å². The normalized spacial score (nSPS) is 9.94. The molecule has 0 bridgehead atoms. The van der Waals surface area contributed by atoms with Crippen molar-refractivity contribution < 1.29 is 5.11 Å². The van der Waals surface area contributed by atoms with Gasteiger partial charge in [0.05, 0.1) is 27.5 Å². The first-order valence-electron chi connectivity index (χ1n) is 4.66. The minimum absolute atomic E-state index is 0.142. The highest BCUT2D eigenvalue weighted by molar-refractivity contribution is 6.42. The van der Waals surface area contributed by atoms with Gasteiger partial charge in [-0.2, -0.15) is 5.26 Å². The highest BCUT2D eigenvalue weighted by Gasteiger charge is 2.07. The molecule has 0 unspecified atom stereocenters. The predicted molar refractivity (Wildman–Crippen MR) is 66.1 cm³/mol. The fraction of sp³-hybridized carbons (Fsp3) is 0. The molecule has 2 aromatic rings. The topological polar surface area (TPSA) is 56.9 Å². The Morgan fingerprint density at radius 3 is 2.59 bits per heavy atom. The lowest BCUT2D eigenvalue weighted by Gasteiger charge is -2.04. The van der Waals surface area contributed by atoms with Gasteiger partial charge < -0.3 is 5.11 Å². The van der Waals surface area contributed by atoms with Crippen molar-refractivity contribution in [3.63, 3.8) is 0 Å². The lowest BCUT2D eigenvalue weighted by atomic mass is 10.1. The highest BCUT2D eigenvalue weighted by atomic mass is 35.5. The average molecular weight is 265 g/mol. The van der Waals surface area contributed by atoms with Crippen molar-refractivity contribution in [2.75, 3.05) is 0 Å². The van der Waals surface area contributed by atoms with Crippen LogP contribution in [-0.2, 0) is 0 Å². The van der Waals surface area contributed by atoms with Crippen LogP contribution < -0.4 is 0 Å². The van der Waals surface area contributed by atoms with Crippen LogP contribution >= 0.6 is 23.2 Å². The third-order valence-electron chi connectivity index (χ3n) is 2.22. The summed E-state index contributed by atoms with van der Waals surface area (Å²) in [7, 11) is 0. The molecule has 0 radical (unpaired) electrons. The Labute approximate surface area is 108 Å². The molecule has 1 aromatic heterocycles. The maximum absolute atomic E-state index is 9.35. The van der Waals surface area contributed by atoms with Gasteiger partial charge in [0, 0.05) is 5.56 Å². The number of benzene rings is 1. The van der Waals surface area contributed by atoms with Crippen molar-refractivity contribution in [2.24, 2.45) is 0 Å². The molecule has 84 valence electrons. The van der Waals surface area contributed by atoms with E-state index in [1.807, 2.05) is 6.07 Å². The second-order valence-electron chi connectivity index (χ2n) is 3.33. The maximum atomic E-state index is 9.35. The molecule has 0 spiro atoms. The second-order valence-corrected chi connectivity index (χ2v) is 4.14. The minimum atomic E-state index is -0.142. The Morgan fingerprint density at radius 1 is 1.18 bits per heavy atom. The van der Waals surface area contributed by atoms with E-state index in [1.54, 1.807) is 18.2 Å². The number of nitrogens with zero attached hydrogens (tertiary/aromatic N) is 2. The van der Waals surface area contributed by atoms with E-state index in [1.165, 1.54) is 12.3 Å². The van der Waals surface area contributed by atoms with Crippen molar-refractivity contribution in [3.8, 4) is 23.1 Å². The largest absolute Gasteiger partial charge is 0.505 e. The fourth-order valence-electron chi connectivity index (χ4n) is 1.35. The van der Waals surface area contributed by atoms with Crippen LogP contribution in [0.4, 0.5) is 0 Å². The first-order chi connectivity index (χ1) is 8.11. The Kier molecular flexibility index (Phi) is 3.19. The van der Waals surface area contributed by atoms with Gasteiger partial charge in [0.25, 0.3) is 0 Å². The number of rotatable bonds is 1. The summed E-state index contributed by atoms with van der Waals surface area (Å²) in [6.45, 7) is 0. The van der Waals surface area contributed by atoms with Crippen molar-refractivity contribution in [1.82, 2.24) is 4.98 Å². The van der Waals surface area contributed by atoms with Gasteiger partial charge in [0.15, 0.2) is 5.75 Å². The molecule has 1 heterocycles. The van der Waals surface area contributed by atoms with E-state index in [2.05, 4.69) is 4.98 Å². The molecule has 0 saturated heterocycles. The summed E-state index contributed by atoms with van der Waals surface area (Å²) in [6, 6.07) is 8.43. The zero-order valence-corrected chi connectivity index (χ0v) is 10.00. The molecule has 1 aromatic carbocycles. The summed E-state index contributed by atoms with van der Waals surface area (Å²) in [5, 5.41) is 19.0. The molecular weight excluding hydrogens is 259 g/mol. The molecule has 2 rings (SSSR count). The molecular formula is C12H6Cl2N2O. The molecule has 5 heteroatoms. The van der Waals surface area contributed by atoms with Crippen molar-refractivity contribution in [1.29, 1.82) is 5.26 Å². The van der Waals surface area contributed by atoms with E-state index in [9.17, 15) is 5.11 Å². The molecule has 3 nitrogen and oxygen atoms in total. The zero-order valence-electron chi connectivity index (χ0n) is 8.48. The van der Waals surface area contributed by atoms with Gasteiger partial charge >= 0.3 is 0 Å². The molecule has 0 saturated carbocycles. The maximum Gasteiger partial charge on any atom is 0.151 e. The second kappa shape index (κ2) is 4.62. The van der Waals surface area contributed by atoms with Crippen LogP contribution in [0.2, 0.25) is 10.0 Å². The third kappa shape index (κ3) is 2.33. The van der Waals surface area contributed by atoms with Crippen LogP contribution in [0.25, 0.3) is 11.3 Å². The van der Waals surface area contributed by atoms with E-state index < -0.39 is 0 Å². The quantitative estimate of drug-likeness (QED) is 0.856. The van der Waals surface area contributed by atoms with Crippen LogP contribution in [0.3, 0.4) is 0 Å². The zero-order chi connectivity index (χ0) is 12.4. The average Bonchev–Trinajstić information content (AvgIpc) is 2.33. The summed E-state index contributed by atoms with van der Waals surface area (Å²) >= 11 is 11.7. The number of hydrogen-bond donors (Lipinski definition) is 1. The molecule has 0 atom stereocenters. The van der Waals surface area contributed by atoms with Crippen molar-refractivity contribution in [3.05, 3.63) is 46.1 Å². The Bertz CT molecular complexity index is 620. The number of halogens is 2. The first kappa shape index (κ1) is 11.7. The SMILES string of the molecule is N#Cc1cc(-c2ccc(Cl)c(Cl)c2)ncc1O. The van der Waals surface area contributed by atoms with Gasteiger partial charge in [-0.1, -0.05) is 29.3 Å². The van der Waals surface area contributed by atoms with Gasteiger partial charge in [0.1, 0.15) is 6.07 Å². The summed E-state index contributed by atoms with van der Waals surface area (Å²) in [5.74, 6) is -0.142. The van der Waals surface area contributed by atoms with Gasteiger partial charge in [-0.3, -0.25) is 4.98 Å². The third-order valence-corrected chi connectivity index (χ3v) is 2.96. The minimum Gasteiger partial charge on any atom is -0.505 e. The number of hydrogen-bond acceptors (Lipinski definition) is 3. The van der Waals surface area contributed by atoms with Crippen LogP contribution in [0.5, 0.6) is 5.75 Å².